The van der Waals surface area contributed by atoms with Gasteiger partial charge in [0.05, 0.1) is 18.6 Å². The molecular weight excluding hydrogens is 342 g/mol. The number of aliphatic hydroxyl groups excluding tert-OH is 1. The summed E-state index contributed by atoms with van der Waals surface area (Å²) >= 11 is 0. The molecule has 1 aromatic carbocycles. The molecule has 1 saturated heterocycles. The monoisotopic (exact) mass is 363 g/mol. The molecule has 25 heavy (non-hydrogen) atoms. The summed E-state index contributed by atoms with van der Waals surface area (Å²) in [5, 5.41) is 13.9. The maximum atomic E-state index is 11.8. The summed E-state index contributed by atoms with van der Waals surface area (Å²) in [5.74, 6) is 2.94. The zero-order valence-corrected chi connectivity index (χ0v) is 14.8. The zero-order chi connectivity index (χ0) is 17.6. The molecule has 1 aromatic heterocycles. The predicted octanol–water partition coefficient (Wildman–Crippen LogP) is 1.31. The molecule has 0 spiro atoms. The minimum absolute atomic E-state index is 0.142. The number of aliphatic hydroxyl groups is 1. The Morgan fingerprint density at radius 3 is 2.56 bits per heavy atom. The Morgan fingerprint density at radius 2 is 1.92 bits per heavy atom. The van der Waals surface area contributed by atoms with Gasteiger partial charge in [0.15, 0.2) is 15.7 Å². The summed E-state index contributed by atoms with van der Waals surface area (Å²) in [6.45, 7) is -0.233. The molecule has 2 fully saturated rings. The average Bonchev–Trinajstić information content (AvgIpc) is 3.24. The Kier molecular flexibility index (Phi) is 4.04. The van der Waals surface area contributed by atoms with Gasteiger partial charge in [0.25, 0.3) is 0 Å². The normalized spacial score (nSPS) is 27.4. The van der Waals surface area contributed by atoms with Crippen LogP contribution in [0.5, 0.6) is 5.75 Å². The molecule has 4 rings (SSSR count). The van der Waals surface area contributed by atoms with Crippen molar-refractivity contribution in [3.8, 4) is 11.4 Å². The molecule has 1 unspecified atom stereocenters. The molecule has 2 aliphatic rings. The second-order valence-corrected chi connectivity index (χ2v) is 9.05. The Balaban J connectivity index is 1.71. The van der Waals surface area contributed by atoms with Gasteiger partial charge in [-0.1, -0.05) is 12.1 Å². The van der Waals surface area contributed by atoms with E-state index in [1.54, 1.807) is 11.8 Å². The molecule has 0 radical (unpaired) electrons. The highest BCUT2D eigenvalue weighted by molar-refractivity contribution is 7.91. The number of hydrogen-bond acceptors (Lipinski definition) is 6. The SMILES string of the molecule is COc1ccccc1-n1nc(CO)nc1C1C[C@@H]2CS(=O)(=O)C[C@@H]2C1. The number of sulfone groups is 1. The first-order valence-electron chi connectivity index (χ1n) is 8.41. The van der Waals surface area contributed by atoms with Crippen molar-refractivity contribution < 1.29 is 18.3 Å². The fourth-order valence-electron chi connectivity index (χ4n) is 4.23. The van der Waals surface area contributed by atoms with Gasteiger partial charge in [-0.05, 0) is 36.8 Å². The van der Waals surface area contributed by atoms with Crippen molar-refractivity contribution >= 4 is 9.84 Å². The fraction of sp³-hybridized carbons (Fsp3) is 0.529. The zero-order valence-electron chi connectivity index (χ0n) is 14.0. The second-order valence-electron chi connectivity index (χ2n) is 6.89. The topological polar surface area (TPSA) is 94.3 Å². The number of fused-ring (bicyclic) bond motifs is 1. The van der Waals surface area contributed by atoms with Gasteiger partial charge in [0.2, 0.25) is 0 Å². The van der Waals surface area contributed by atoms with E-state index in [0.717, 1.165) is 24.4 Å². The van der Waals surface area contributed by atoms with E-state index in [9.17, 15) is 13.5 Å². The molecule has 134 valence electrons. The van der Waals surface area contributed by atoms with Gasteiger partial charge >= 0.3 is 0 Å². The van der Waals surface area contributed by atoms with E-state index < -0.39 is 9.84 Å². The molecule has 7 nitrogen and oxygen atoms in total. The summed E-state index contributed by atoms with van der Waals surface area (Å²) in [5.41, 5.74) is 0.775. The fourth-order valence-corrected chi connectivity index (χ4v) is 6.49. The third kappa shape index (κ3) is 2.93. The van der Waals surface area contributed by atoms with E-state index in [1.807, 2.05) is 24.3 Å². The Hall–Kier alpha value is -1.93. The highest BCUT2D eigenvalue weighted by Gasteiger charge is 2.46. The van der Waals surface area contributed by atoms with Gasteiger partial charge < -0.3 is 9.84 Å². The van der Waals surface area contributed by atoms with Crippen LogP contribution in [0.1, 0.15) is 30.4 Å². The third-order valence-electron chi connectivity index (χ3n) is 5.27. The van der Waals surface area contributed by atoms with Crippen LogP contribution < -0.4 is 4.74 Å². The van der Waals surface area contributed by atoms with Crippen molar-refractivity contribution in [3.63, 3.8) is 0 Å². The van der Waals surface area contributed by atoms with Crippen LogP contribution in [0.4, 0.5) is 0 Å². The number of benzene rings is 1. The number of methoxy groups -OCH3 is 1. The average molecular weight is 363 g/mol. The van der Waals surface area contributed by atoms with E-state index in [0.29, 0.717) is 11.6 Å². The van der Waals surface area contributed by atoms with Crippen LogP contribution in [0.2, 0.25) is 0 Å². The molecule has 3 atom stereocenters. The molecule has 2 heterocycles. The number of ether oxygens (including phenoxy) is 1. The third-order valence-corrected chi connectivity index (χ3v) is 7.15. The molecule has 0 bridgehead atoms. The summed E-state index contributed by atoms with van der Waals surface area (Å²) in [6.07, 6.45) is 1.59. The van der Waals surface area contributed by atoms with Crippen molar-refractivity contribution in [1.29, 1.82) is 0 Å². The van der Waals surface area contributed by atoms with Crippen molar-refractivity contribution in [2.45, 2.75) is 25.4 Å². The molecule has 1 N–H and O–H groups in total. The van der Waals surface area contributed by atoms with Crippen LogP contribution in [-0.4, -0.2) is 46.9 Å². The Morgan fingerprint density at radius 1 is 1.24 bits per heavy atom. The standard InChI is InChI=1S/C17H21N3O4S/c1-24-15-5-3-2-4-14(15)20-17(18-16(8-21)19-20)11-6-12-9-25(22,23)10-13(12)7-11/h2-5,11-13,21H,6-10H2,1H3/t11?,12-,13+. The lowest BCUT2D eigenvalue weighted by Crippen LogP contribution is -2.11. The van der Waals surface area contributed by atoms with Gasteiger partial charge in [-0.15, -0.1) is 5.10 Å². The summed E-state index contributed by atoms with van der Waals surface area (Å²) < 4.78 is 30.8. The maximum Gasteiger partial charge on any atom is 0.176 e. The second kappa shape index (κ2) is 6.10. The Bertz CT molecular complexity index is 873. The first-order chi connectivity index (χ1) is 12.0. The van der Waals surface area contributed by atoms with Gasteiger partial charge in [-0.2, -0.15) is 0 Å². The number of aromatic nitrogens is 3. The predicted molar refractivity (Wildman–Crippen MR) is 91.4 cm³/mol. The summed E-state index contributed by atoms with van der Waals surface area (Å²) in [6, 6.07) is 7.54. The molecule has 1 saturated carbocycles. The molecule has 1 aliphatic carbocycles. The first kappa shape index (κ1) is 16.5. The van der Waals surface area contributed by atoms with E-state index in [2.05, 4.69) is 10.1 Å². The van der Waals surface area contributed by atoms with E-state index >= 15 is 0 Å². The Labute approximate surface area is 146 Å². The van der Waals surface area contributed by atoms with Crippen LogP contribution in [-0.2, 0) is 16.4 Å². The number of nitrogens with zero attached hydrogens (tertiary/aromatic N) is 3. The smallest absolute Gasteiger partial charge is 0.176 e. The number of para-hydroxylation sites is 2. The first-order valence-corrected chi connectivity index (χ1v) is 10.2. The van der Waals surface area contributed by atoms with Crippen LogP contribution in [0.3, 0.4) is 0 Å². The van der Waals surface area contributed by atoms with Crippen molar-refractivity contribution in [1.82, 2.24) is 14.8 Å². The minimum Gasteiger partial charge on any atom is -0.494 e. The molecule has 1 aliphatic heterocycles. The molecule has 8 heteroatoms. The highest BCUT2D eigenvalue weighted by atomic mass is 32.2. The largest absolute Gasteiger partial charge is 0.494 e. The number of rotatable bonds is 4. The van der Waals surface area contributed by atoms with Crippen molar-refractivity contribution in [2.24, 2.45) is 11.8 Å². The van der Waals surface area contributed by atoms with Gasteiger partial charge in [0.1, 0.15) is 23.9 Å². The lowest BCUT2D eigenvalue weighted by Gasteiger charge is -2.14. The van der Waals surface area contributed by atoms with Crippen LogP contribution in [0.15, 0.2) is 24.3 Å². The molecule has 0 amide bonds. The molecule has 2 aromatic rings. The van der Waals surface area contributed by atoms with Gasteiger partial charge in [0, 0.05) is 5.92 Å². The van der Waals surface area contributed by atoms with Gasteiger partial charge in [-0.3, -0.25) is 0 Å². The van der Waals surface area contributed by atoms with Crippen molar-refractivity contribution in [3.05, 3.63) is 35.9 Å². The van der Waals surface area contributed by atoms with E-state index in [1.165, 1.54) is 0 Å². The van der Waals surface area contributed by atoms with Gasteiger partial charge in [-0.25, -0.2) is 18.1 Å². The van der Waals surface area contributed by atoms with Crippen LogP contribution >= 0.6 is 0 Å². The maximum absolute atomic E-state index is 11.8. The van der Waals surface area contributed by atoms with Crippen LogP contribution in [0.25, 0.3) is 5.69 Å². The lowest BCUT2D eigenvalue weighted by molar-refractivity contribution is 0.271. The summed E-state index contributed by atoms with van der Waals surface area (Å²) in [7, 11) is -1.28. The van der Waals surface area contributed by atoms with Crippen LogP contribution in [0, 0.1) is 11.8 Å². The summed E-state index contributed by atoms with van der Waals surface area (Å²) in [4.78, 5) is 4.52. The minimum atomic E-state index is -2.89. The highest BCUT2D eigenvalue weighted by Crippen LogP contribution is 2.47. The van der Waals surface area contributed by atoms with Crippen molar-refractivity contribution in [2.75, 3.05) is 18.6 Å². The quantitative estimate of drug-likeness (QED) is 0.880. The number of hydrogen-bond donors (Lipinski definition) is 1. The van der Waals surface area contributed by atoms with E-state index in [4.69, 9.17) is 4.74 Å². The molecular formula is C17H21N3O4S. The lowest BCUT2D eigenvalue weighted by atomic mass is 10.0. The van der Waals surface area contributed by atoms with E-state index in [-0.39, 0.29) is 35.9 Å².